The van der Waals surface area contributed by atoms with Crippen LogP contribution >= 0.6 is 0 Å². The first kappa shape index (κ1) is 34.8. The van der Waals surface area contributed by atoms with Crippen LogP contribution in [0, 0.1) is 0 Å². The van der Waals surface area contributed by atoms with E-state index in [1.165, 1.54) is 43.4 Å². The first-order chi connectivity index (χ1) is 30.2. The zero-order chi connectivity index (χ0) is 40.3. The lowest BCUT2D eigenvalue weighted by molar-refractivity contribution is 1.08. The molecule has 0 saturated heterocycles. The number of fused-ring (bicyclic) bond motifs is 6. The molecule has 12 aromatic rings. The summed E-state index contributed by atoms with van der Waals surface area (Å²) in [6, 6.07) is 77.8. The van der Waals surface area contributed by atoms with Gasteiger partial charge in [-0.2, -0.15) is 0 Å². The zero-order valence-corrected chi connectivity index (χ0v) is 33.1. The number of benzene rings is 10. The fourth-order valence-corrected chi connectivity index (χ4v) is 8.99. The van der Waals surface area contributed by atoms with Gasteiger partial charge in [0, 0.05) is 32.8 Å². The number of hydrogen-bond acceptors (Lipinski definition) is 3. The molecular weight excluding hydrogens is 741 g/mol. The van der Waals surface area contributed by atoms with Crippen LogP contribution in [0.4, 0.5) is 0 Å². The summed E-state index contributed by atoms with van der Waals surface area (Å²) in [5.41, 5.74) is 10.9. The molecule has 0 aliphatic heterocycles. The largest absolute Gasteiger partial charge is 0.309 e. The minimum absolute atomic E-state index is 0.628. The molecule has 0 aliphatic carbocycles. The highest BCUT2D eigenvalue weighted by molar-refractivity contribution is 6.15. The Morgan fingerprint density at radius 3 is 1.59 bits per heavy atom. The smallest absolute Gasteiger partial charge is 0.164 e. The van der Waals surface area contributed by atoms with Gasteiger partial charge in [0.05, 0.1) is 16.7 Å². The van der Waals surface area contributed by atoms with Gasteiger partial charge in [0.15, 0.2) is 17.5 Å². The van der Waals surface area contributed by atoms with Gasteiger partial charge < -0.3 is 4.57 Å². The van der Waals surface area contributed by atoms with Gasteiger partial charge in [-0.15, -0.1) is 0 Å². The lowest BCUT2D eigenvalue weighted by atomic mass is 9.99. The maximum atomic E-state index is 5.25. The SMILES string of the molecule is c1ccc(-c2cccc(-c3nc(-c4ccccc4)nc(-c4ccc(-n5c6cc(-c7ccc8ccccc8c7)ccc6c6cc7ccccc7cc65)c5ccccc45)n3)c2)cc1. The Hall–Kier alpha value is -8.21. The molecule has 4 nitrogen and oxygen atoms in total. The normalized spacial score (nSPS) is 11.6. The van der Waals surface area contributed by atoms with Gasteiger partial charge in [-0.1, -0.05) is 176 Å². The number of nitrogens with zero attached hydrogens (tertiary/aromatic N) is 4. The van der Waals surface area contributed by atoms with Crippen molar-refractivity contribution in [1.29, 1.82) is 0 Å². The summed E-state index contributed by atoms with van der Waals surface area (Å²) in [5.74, 6) is 1.89. The second-order valence-electron chi connectivity index (χ2n) is 15.6. The molecule has 61 heavy (non-hydrogen) atoms. The van der Waals surface area contributed by atoms with Gasteiger partial charge in [-0.05, 0) is 91.6 Å². The summed E-state index contributed by atoms with van der Waals surface area (Å²) >= 11 is 0. The molecule has 0 N–H and O–H groups in total. The first-order valence-corrected chi connectivity index (χ1v) is 20.7. The molecule has 0 amide bonds. The average molecular weight is 777 g/mol. The topological polar surface area (TPSA) is 43.6 Å². The van der Waals surface area contributed by atoms with E-state index in [9.17, 15) is 0 Å². The molecule has 2 heterocycles. The standard InChI is InChI=1S/C57H36N4/c1-3-14-37(15-4-1)41-22-13-23-46(33-41)56-58-55(39-17-5-2-6-18-39)59-57(60-56)50-30-31-52(48-25-12-11-24-47(48)50)61-53-36-45(44-27-26-38-16-7-8-19-40(38)32-44)28-29-49(53)51-34-42-20-9-10-21-43(42)35-54(51)61/h1-36H. The van der Waals surface area contributed by atoms with Crippen molar-refractivity contribution in [2.75, 3.05) is 0 Å². The van der Waals surface area contributed by atoms with Crippen LogP contribution < -0.4 is 0 Å². The van der Waals surface area contributed by atoms with E-state index in [2.05, 4.69) is 199 Å². The number of aromatic nitrogens is 4. The first-order valence-electron chi connectivity index (χ1n) is 20.7. The third kappa shape index (κ3) is 6.04. The third-order valence-corrected chi connectivity index (χ3v) is 12.0. The molecule has 10 aromatic carbocycles. The molecule has 12 rings (SSSR count). The maximum absolute atomic E-state index is 5.25. The predicted octanol–water partition coefficient (Wildman–Crippen LogP) is 14.8. The molecule has 0 unspecified atom stereocenters. The average Bonchev–Trinajstić information content (AvgIpc) is 3.65. The summed E-state index contributed by atoms with van der Waals surface area (Å²) in [6.07, 6.45) is 0. The van der Waals surface area contributed by atoms with E-state index in [-0.39, 0.29) is 0 Å². The van der Waals surface area contributed by atoms with Gasteiger partial charge in [-0.25, -0.2) is 15.0 Å². The highest BCUT2D eigenvalue weighted by atomic mass is 15.0. The quantitative estimate of drug-likeness (QED) is 0.169. The van der Waals surface area contributed by atoms with Crippen LogP contribution in [0.3, 0.4) is 0 Å². The second-order valence-corrected chi connectivity index (χ2v) is 15.6. The molecule has 2 aromatic heterocycles. The number of rotatable bonds is 6. The molecule has 4 heteroatoms. The fourth-order valence-electron chi connectivity index (χ4n) is 8.99. The zero-order valence-electron chi connectivity index (χ0n) is 33.1. The van der Waals surface area contributed by atoms with Gasteiger partial charge >= 0.3 is 0 Å². The molecule has 0 radical (unpaired) electrons. The van der Waals surface area contributed by atoms with Crippen LogP contribution in [0.15, 0.2) is 218 Å². The Morgan fingerprint density at radius 2 is 0.803 bits per heavy atom. The second kappa shape index (κ2) is 14.3. The molecular formula is C57H36N4. The van der Waals surface area contributed by atoms with Crippen LogP contribution in [-0.2, 0) is 0 Å². The Morgan fingerprint density at radius 1 is 0.262 bits per heavy atom. The molecule has 0 spiro atoms. The Bertz CT molecular complexity index is 3650. The predicted molar refractivity (Wildman–Crippen MR) is 254 cm³/mol. The van der Waals surface area contributed by atoms with Crippen LogP contribution in [0.2, 0.25) is 0 Å². The van der Waals surface area contributed by atoms with E-state index < -0.39 is 0 Å². The van der Waals surface area contributed by atoms with Crippen molar-refractivity contribution in [1.82, 2.24) is 19.5 Å². The minimum atomic E-state index is 0.628. The molecule has 0 fully saturated rings. The molecule has 0 saturated carbocycles. The van der Waals surface area contributed by atoms with E-state index >= 15 is 0 Å². The van der Waals surface area contributed by atoms with E-state index in [0.717, 1.165) is 55.3 Å². The summed E-state index contributed by atoms with van der Waals surface area (Å²) in [6.45, 7) is 0. The fraction of sp³-hybridized carbons (Fsp3) is 0. The summed E-state index contributed by atoms with van der Waals surface area (Å²) in [7, 11) is 0. The van der Waals surface area contributed by atoms with Crippen molar-refractivity contribution in [3.63, 3.8) is 0 Å². The van der Waals surface area contributed by atoms with Crippen LogP contribution in [0.5, 0.6) is 0 Å². The Balaban J connectivity index is 1.08. The monoisotopic (exact) mass is 776 g/mol. The maximum Gasteiger partial charge on any atom is 0.164 e. The summed E-state index contributed by atoms with van der Waals surface area (Å²) < 4.78 is 2.46. The minimum Gasteiger partial charge on any atom is -0.309 e. The highest BCUT2D eigenvalue weighted by Crippen LogP contribution is 2.41. The van der Waals surface area contributed by atoms with Gasteiger partial charge in [0.2, 0.25) is 0 Å². The molecule has 0 bridgehead atoms. The summed E-state index contributed by atoms with van der Waals surface area (Å²) in [4.78, 5) is 15.5. The van der Waals surface area contributed by atoms with Crippen molar-refractivity contribution in [2.24, 2.45) is 0 Å². The van der Waals surface area contributed by atoms with Crippen molar-refractivity contribution in [3.05, 3.63) is 218 Å². The van der Waals surface area contributed by atoms with Crippen LogP contribution in [-0.4, -0.2) is 19.5 Å². The van der Waals surface area contributed by atoms with Crippen molar-refractivity contribution in [3.8, 4) is 62.1 Å². The molecule has 0 atom stereocenters. The van der Waals surface area contributed by atoms with Crippen LogP contribution in [0.1, 0.15) is 0 Å². The van der Waals surface area contributed by atoms with Gasteiger partial charge in [0.1, 0.15) is 0 Å². The highest BCUT2D eigenvalue weighted by Gasteiger charge is 2.20. The molecule has 284 valence electrons. The molecule has 0 aliphatic rings. The van der Waals surface area contributed by atoms with Crippen molar-refractivity contribution in [2.45, 2.75) is 0 Å². The van der Waals surface area contributed by atoms with Crippen molar-refractivity contribution < 1.29 is 0 Å². The lowest BCUT2D eigenvalue weighted by Crippen LogP contribution is -2.02. The van der Waals surface area contributed by atoms with Crippen LogP contribution in [0.25, 0.3) is 116 Å². The van der Waals surface area contributed by atoms with E-state index in [0.29, 0.717) is 17.5 Å². The summed E-state index contributed by atoms with van der Waals surface area (Å²) in [5, 5.41) is 9.51. The number of hydrogen-bond donors (Lipinski definition) is 0. The Labute approximate surface area is 352 Å². The van der Waals surface area contributed by atoms with E-state index in [1.54, 1.807) is 0 Å². The van der Waals surface area contributed by atoms with E-state index in [4.69, 9.17) is 15.0 Å². The van der Waals surface area contributed by atoms with E-state index in [1.807, 2.05) is 24.3 Å². The lowest BCUT2D eigenvalue weighted by Gasteiger charge is -2.16. The van der Waals surface area contributed by atoms with Gasteiger partial charge in [0.25, 0.3) is 0 Å². The van der Waals surface area contributed by atoms with Gasteiger partial charge in [-0.3, -0.25) is 0 Å². The Kier molecular flexibility index (Phi) is 8.13. The van der Waals surface area contributed by atoms with Crippen molar-refractivity contribution >= 4 is 54.1 Å². The third-order valence-electron chi connectivity index (χ3n) is 12.0.